The summed E-state index contributed by atoms with van der Waals surface area (Å²) in [5.41, 5.74) is 5.78. The third kappa shape index (κ3) is 4.99. The fraction of sp³-hybridized carbons (Fsp3) is 0.438. The molecule has 1 aliphatic carbocycles. The van der Waals surface area contributed by atoms with Crippen LogP contribution >= 0.6 is 11.8 Å². The largest absolute Gasteiger partial charge is 0.481 e. The highest BCUT2D eigenvalue weighted by atomic mass is 32.2. The molecule has 0 saturated heterocycles. The number of carboxylic acid groups (broad SMARTS) is 1. The zero-order valence-electron chi connectivity index (χ0n) is 12.7. The van der Waals surface area contributed by atoms with Crippen molar-refractivity contribution in [3.8, 4) is 0 Å². The minimum absolute atomic E-state index is 0.136. The normalized spacial score (nSPS) is 20.7. The lowest BCUT2D eigenvalue weighted by Gasteiger charge is -2.26. The summed E-state index contributed by atoms with van der Waals surface area (Å²) in [5.74, 6) is -2.02. The molecule has 2 rings (SSSR count). The molecule has 2 atom stereocenters. The number of carboxylic acids is 1. The van der Waals surface area contributed by atoms with Gasteiger partial charge in [-0.2, -0.15) is 0 Å². The molecule has 23 heavy (non-hydrogen) atoms. The highest BCUT2D eigenvalue weighted by molar-refractivity contribution is 8.00. The highest BCUT2D eigenvalue weighted by Crippen LogP contribution is 2.32. The van der Waals surface area contributed by atoms with Crippen molar-refractivity contribution in [3.63, 3.8) is 0 Å². The number of benzene rings is 1. The maximum atomic E-state index is 12.4. The molecule has 0 bridgehead atoms. The number of hydrogen-bond donors (Lipinski definition) is 3. The Labute approximate surface area is 138 Å². The number of hydrogen-bond acceptors (Lipinski definition) is 4. The quantitative estimate of drug-likeness (QED) is 0.689. The second kappa shape index (κ2) is 8.01. The molecule has 2 unspecified atom stereocenters. The van der Waals surface area contributed by atoms with Crippen molar-refractivity contribution >= 4 is 35.2 Å². The summed E-state index contributed by atoms with van der Waals surface area (Å²) in [6.07, 6.45) is 2.45. The average Bonchev–Trinajstić information content (AvgIpc) is 2.54. The maximum absolute atomic E-state index is 12.4. The van der Waals surface area contributed by atoms with Gasteiger partial charge in [0.15, 0.2) is 0 Å². The number of anilines is 1. The van der Waals surface area contributed by atoms with E-state index in [1.54, 1.807) is 12.1 Å². The van der Waals surface area contributed by atoms with Gasteiger partial charge in [-0.3, -0.25) is 14.4 Å². The van der Waals surface area contributed by atoms with Crippen molar-refractivity contribution in [1.29, 1.82) is 0 Å². The van der Waals surface area contributed by atoms with Crippen LogP contribution in [0.2, 0.25) is 0 Å². The average molecular weight is 336 g/mol. The van der Waals surface area contributed by atoms with Crippen LogP contribution in [0.4, 0.5) is 5.69 Å². The summed E-state index contributed by atoms with van der Waals surface area (Å²) in [6, 6.07) is 7.19. The fourth-order valence-electron chi connectivity index (χ4n) is 2.73. The Bertz CT molecular complexity index is 605. The molecule has 1 aromatic carbocycles. The summed E-state index contributed by atoms with van der Waals surface area (Å²) in [4.78, 5) is 35.2. The number of aliphatic carboxylic acids is 1. The van der Waals surface area contributed by atoms with Gasteiger partial charge in [0, 0.05) is 10.8 Å². The van der Waals surface area contributed by atoms with E-state index in [9.17, 15) is 14.4 Å². The summed E-state index contributed by atoms with van der Waals surface area (Å²) in [6.45, 7) is 0. The van der Waals surface area contributed by atoms with Crippen molar-refractivity contribution < 1.29 is 19.5 Å². The number of amides is 2. The molecule has 4 N–H and O–H groups in total. The van der Waals surface area contributed by atoms with Crippen LogP contribution in [0.25, 0.3) is 0 Å². The number of nitrogens with one attached hydrogen (secondary N) is 1. The van der Waals surface area contributed by atoms with Gasteiger partial charge in [0.2, 0.25) is 11.8 Å². The summed E-state index contributed by atoms with van der Waals surface area (Å²) in [5, 5.41) is 12.0. The number of primary amides is 1. The van der Waals surface area contributed by atoms with Gasteiger partial charge in [0.25, 0.3) is 0 Å². The molecule has 0 heterocycles. The Hall–Kier alpha value is -2.02. The molecule has 124 valence electrons. The van der Waals surface area contributed by atoms with Crippen LogP contribution in [0.1, 0.15) is 25.7 Å². The van der Waals surface area contributed by atoms with Crippen molar-refractivity contribution in [2.24, 2.45) is 17.6 Å². The zero-order valence-corrected chi connectivity index (χ0v) is 13.5. The van der Waals surface area contributed by atoms with Crippen molar-refractivity contribution in [1.82, 2.24) is 0 Å². The molecule has 1 aliphatic rings. The Morgan fingerprint density at radius 2 is 1.91 bits per heavy atom. The molecule has 0 aliphatic heterocycles. The van der Waals surface area contributed by atoms with E-state index >= 15 is 0 Å². The number of nitrogens with two attached hydrogens (primary N) is 1. The lowest BCUT2D eigenvalue weighted by Crippen LogP contribution is -2.31. The minimum Gasteiger partial charge on any atom is -0.481 e. The van der Waals surface area contributed by atoms with Gasteiger partial charge in [-0.05, 0) is 31.4 Å². The number of rotatable bonds is 6. The SMILES string of the molecule is NC(=O)CSc1ccccc1NC(=O)C1CCCC(C(=O)O)C1. The molecule has 2 amide bonds. The Morgan fingerprint density at radius 1 is 1.22 bits per heavy atom. The van der Waals surface area contributed by atoms with Crippen molar-refractivity contribution in [2.45, 2.75) is 30.6 Å². The molecule has 0 aromatic heterocycles. The third-order valence-corrected chi connectivity index (χ3v) is 5.00. The monoisotopic (exact) mass is 336 g/mol. The van der Waals surface area contributed by atoms with Gasteiger partial charge in [-0.1, -0.05) is 18.6 Å². The summed E-state index contributed by atoms with van der Waals surface area (Å²) < 4.78 is 0. The summed E-state index contributed by atoms with van der Waals surface area (Å²) >= 11 is 1.27. The van der Waals surface area contributed by atoms with Gasteiger partial charge < -0.3 is 16.2 Å². The van der Waals surface area contributed by atoms with E-state index in [0.29, 0.717) is 24.9 Å². The molecule has 1 saturated carbocycles. The van der Waals surface area contributed by atoms with Gasteiger partial charge in [0.1, 0.15) is 0 Å². The lowest BCUT2D eigenvalue weighted by molar-refractivity contribution is -0.143. The van der Waals surface area contributed by atoms with Crippen LogP contribution in [-0.2, 0) is 14.4 Å². The Kier molecular flexibility index (Phi) is 6.04. The van der Waals surface area contributed by atoms with Gasteiger partial charge in [-0.25, -0.2) is 0 Å². The van der Waals surface area contributed by atoms with E-state index in [4.69, 9.17) is 10.8 Å². The van der Waals surface area contributed by atoms with E-state index < -0.39 is 17.8 Å². The van der Waals surface area contributed by atoms with E-state index in [-0.39, 0.29) is 17.6 Å². The first-order valence-electron chi connectivity index (χ1n) is 7.51. The maximum Gasteiger partial charge on any atom is 0.306 e. The first-order chi connectivity index (χ1) is 11.0. The van der Waals surface area contributed by atoms with Gasteiger partial charge in [-0.15, -0.1) is 11.8 Å². The zero-order chi connectivity index (χ0) is 16.8. The minimum atomic E-state index is -0.833. The standard InChI is InChI=1S/C16H20N2O4S/c17-14(19)9-23-13-7-2-1-6-12(13)18-15(20)10-4-3-5-11(8-10)16(21)22/h1-2,6-7,10-11H,3-5,8-9H2,(H2,17,19)(H,18,20)(H,21,22). The van der Waals surface area contributed by atoms with E-state index in [1.807, 2.05) is 12.1 Å². The van der Waals surface area contributed by atoms with Crippen LogP contribution in [0.3, 0.4) is 0 Å². The highest BCUT2D eigenvalue weighted by Gasteiger charge is 2.31. The topological polar surface area (TPSA) is 109 Å². The van der Waals surface area contributed by atoms with E-state index in [2.05, 4.69) is 5.32 Å². The van der Waals surface area contributed by atoms with Crippen LogP contribution in [0.15, 0.2) is 29.2 Å². The second-order valence-corrected chi connectivity index (χ2v) is 6.66. The lowest BCUT2D eigenvalue weighted by atomic mass is 9.81. The molecule has 1 aromatic rings. The third-order valence-electron chi connectivity index (χ3n) is 3.91. The first kappa shape index (κ1) is 17.3. The predicted molar refractivity (Wildman–Crippen MR) is 88.1 cm³/mol. The van der Waals surface area contributed by atoms with Crippen LogP contribution in [-0.4, -0.2) is 28.6 Å². The Morgan fingerprint density at radius 3 is 2.61 bits per heavy atom. The molecule has 7 heteroatoms. The van der Waals surface area contributed by atoms with E-state index in [1.165, 1.54) is 11.8 Å². The van der Waals surface area contributed by atoms with Crippen LogP contribution in [0.5, 0.6) is 0 Å². The number of carbonyl (C=O) groups excluding carboxylic acids is 2. The molecule has 0 spiro atoms. The molecule has 6 nitrogen and oxygen atoms in total. The molecular weight excluding hydrogens is 316 g/mol. The Balaban J connectivity index is 2.02. The number of carbonyl (C=O) groups is 3. The molecular formula is C16H20N2O4S. The van der Waals surface area contributed by atoms with Gasteiger partial charge >= 0.3 is 5.97 Å². The van der Waals surface area contributed by atoms with Crippen molar-refractivity contribution in [3.05, 3.63) is 24.3 Å². The predicted octanol–water partition coefficient (Wildman–Crippen LogP) is 2.09. The first-order valence-corrected chi connectivity index (χ1v) is 8.49. The second-order valence-electron chi connectivity index (χ2n) is 5.64. The number of thioether (sulfide) groups is 1. The van der Waals surface area contributed by atoms with Gasteiger partial charge in [0.05, 0.1) is 17.4 Å². The molecule has 0 radical (unpaired) electrons. The van der Waals surface area contributed by atoms with Crippen LogP contribution < -0.4 is 11.1 Å². The number of para-hydroxylation sites is 1. The van der Waals surface area contributed by atoms with Crippen molar-refractivity contribution in [2.75, 3.05) is 11.1 Å². The smallest absolute Gasteiger partial charge is 0.306 e. The summed E-state index contributed by atoms with van der Waals surface area (Å²) in [7, 11) is 0. The fourth-order valence-corrected chi connectivity index (χ4v) is 3.48. The van der Waals surface area contributed by atoms with E-state index in [0.717, 1.165) is 11.3 Å². The van der Waals surface area contributed by atoms with Crippen LogP contribution in [0, 0.1) is 11.8 Å². The molecule has 1 fully saturated rings.